The molecule has 0 aliphatic carbocycles. The molecule has 1 N–H and O–H groups in total. The SMILES string of the molecule is Cc1nc(Sc2ncc(Br)cc2C(=O)O)oc1C. The quantitative estimate of drug-likeness (QED) is 0.931. The van der Waals surface area contributed by atoms with Crippen LogP contribution in [0.5, 0.6) is 0 Å². The molecule has 0 bridgehead atoms. The molecule has 0 saturated carbocycles. The van der Waals surface area contributed by atoms with E-state index in [-0.39, 0.29) is 5.56 Å². The lowest BCUT2D eigenvalue weighted by atomic mass is 10.3. The predicted molar refractivity (Wildman–Crippen MR) is 69.0 cm³/mol. The van der Waals surface area contributed by atoms with Gasteiger partial charge >= 0.3 is 5.97 Å². The highest BCUT2D eigenvalue weighted by Gasteiger charge is 2.16. The maximum Gasteiger partial charge on any atom is 0.338 e. The molecule has 0 unspecified atom stereocenters. The Hall–Kier alpha value is -1.34. The highest BCUT2D eigenvalue weighted by atomic mass is 79.9. The van der Waals surface area contributed by atoms with Crippen molar-refractivity contribution < 1.29 is 14.3 Å². The monoisotopic (exact) mass is 328 g/mol. The van der Waals surface area contributed by atoms with Gasteiger partial charge in [-0.15, -0.1) is 0 Å². The molecule has 0 spiro atoms. The van der Waals surface area contributed by atoms with Crippen LogP contribution < -0.4 is 0 Å². The van der Waals surface area contributed by atoms with E-state index < -0.39 is 5.97 Å². The minimum absolute atomic E-state index is 0.114. The number of pyridine rings is 1. The van der Waals surface area contributed by atoms with E-state index in [4.69, 9.17) is 9.52 Å². The fourth-order valence-corrected chi connectivity index (χ4v) is 2.44. The molecule has 2 aromatic heterocycles. The molecule has 5 nitrogen and oxygen atoms in total. The van der Waals surface area contributed by atoms with Crippen LogP contribution in [0.4, 0.5) is 0 Å². The molecule has 94 valence electrons. The van der Waals surface area contributed by atoms with Gasteiger partial charge in [0, 0.05) is 10.7 Å². The lowest BCUT2D eigenvalue weighted by Crippen LogP contribution is -2.00. The van der Waals surface area contributed by atoms with Crippen LogP contribution in [-0.4, -0.2) is 21.0 Å². The molecule has 0 amide bonds. The summed E-state index contributed by atoms with van der Waals surface area (Å²) < 4.78 is 6.01. The van der Waals surface area contributed by atoms with E-state index in [9.17, 15) is 4.79 Å². The van der Waals surface area contributed by atoms with E-state index in [1.165, 1.54) is 12.3 Å². The first kappa shape index (κ1) is 13.1. The van der Waals surface area contributed by atoms with Gasteiger partial charge in [0.25, 0.3) is 5.22 Å². The van der Waals surface area contributed by atoms with Crippen LogP contribution in [0.1, 0.15) is 21.8 Å². The summed E-state index contributed by atoms with van der Waals surface area (Å²) in [5.74, 6) is -0.321. The van der Waals surface area contributed by atoms with Crippen molar-refractivity contribution in [3.63, 3.8) is 0 Å². The third-order valence-electron chi connectivity index (χ3n) is 2.24. The predicted octanol–water partition coefficient (Wildman–Crippen LogP) is 3.30. The van der Waals surface area contributed by atoms with E-state index in [0.29, 0.717) is 20.5 Å². The van der Waals surface area contributed by atoms with E-state index in [1.54, 1.807) is 6.92 Å². The van der Waals surface area contributed by atoms with Crippen LogP contribution >= 0.6 is 27.7 Å². The van der Waals surface area contributed by atoms with Gasteiger partial charge in [0.2, 0.25) is 0 Å². The number of oxazole rings is 1. The lowest BCUT2D eigenvalue weighted by Gasteiger charge is -2.02. The number of carboxylic acid groups (broad SMARTS) is 1. The topological polar surface area (TPSA) is 76.2 Å². The number of carbonyl (C=O) groups is 1. The molecule has 0 saturated heterocycles. The van der Waals surface area contributed by atoms with Gasteiger partial charge in [-0.25, -0.2) is 14.8 Å². The minimum atomic E-state index is -1.04. The van der Waals surface area contributed by atoms with Crippen molar-refractivity contribution in [2.24, 2.45) is 0 Å². The molecule has 2 heterocycles. The zero-order valence-corrected chi connectivity index (χ0v) is 12.0. The average Bonchev–Trinajstić information content (AvgIpc) is 2.60. The van der Waals surface area contributed by atoms with Gasteiger partial charge in [-0.2, -0.15) is 0 Å². The first-order valence-electron chi connectivity index (χ1n) is 4.98. The zero-order valence-electron chi connectivity index (χ0n) is 9.60. The number of halogens is 1. The Kier molecular flexibility index (Phi) is 3.72. The molecule has 0 aliphatic rings. The number of nitrogens with zero attached hydrogens (tertiary/aromatic N) is 2. The fraction of sp³-hybridized carbons (Fsp3) is 0.182. The summed E-state index contributed by atoms with van der Waals surface area (Å²) in [5.41, 5.74) is 0.898. The van der Waals surface area contributed by atoms with E-state index in [1.807, 2.05) is 6.92 Å². The summed E-state index contributed by atoms with van der Waals surface area (Å²) in [4.78, 5) is 19.4. The largest absolute Gasteiger partial charge is 0.478 e. The average molecular weight is 329 g/mol. The number of hydrogen-bond acceptors (Lipinski definition) is 5. The third-order valence-corrected chi connectivity index (χ3v) is 3.54. The zero-order chi connectivity index (χ0) is 13.3. The molecule has 2 rings (SSSR count). The summed E-state index contributed by atoms with van der Waals surface area (Å²) >= 11 is 4.29. The third kappa shape index (κ3) is 2.73. The van der Waals surface area contributed by atoms with Crippen LogP contribution in [-0.2, 0) is 0 Å². The molecule has 0 aliphatic heterocycles. The van der Waals surface area contributed by atoms with E-state index in [2.05, 4.69) is 25.9 Å². The summed E-state index contributed by atoms with van der Waals surface area (Å²) in [6.45, 7) is 3.63. The summed E-state index contributed by atoms with van der Waals surface area (Å²) in [6.07, 6.45) is 1.54. The molecule has 0 atom stereocenters. The number of aryl methyl sites for hydroxylation is 2. The standard InChI is InChI=1S/C11H9BrN2O3S/c1-5-6(2)17-11(14-5)18-9-8(10(15)16)3-7(12)4-13-9/h3-4H,1-2H3,(H,15,16). The van der Waals surface area contributed by atoms with E-state index in [0.717, 1.165) is 17.5 Å². The molecular weight excluding hydrogens is 320 g/mol. The minimum Gasteiger partial charge on any atom is -0.478 e. The Morgan fingerprint density at radius 1 is 1.50 bits per heavy atom. The smallest absolute Gasteiger partial charge is 0.338 e. The van der Waals surface area contributed by atoms with Gasteiger partial charge in [-0.05, 0) is 47.6 Å². The van der Waals surface area contributed by atoms with Crippen LogP contribution in [0.25, 0.3) is 0 Å². The summed E-state index contributed by atoms with van der Waals surface area (Å²) in [5, 5.41) is 9.85. The van der Waals surface area contributed by atoms with Crippen molar-refractivity contribution in [1.82, 2.24) is 9.97 Å². The Morgan fingerprint density at radius 3 is 2.78 bits per heavy atom. The number of aromatic carboxylic acids is 1. The van der Waals surface area contributed by atoms with Crippen LogP contribution in [0.15, 0.2) is 31.4 Å². The molecule has 2 aromatic rings. The number of carboxylic acids is 1. The first-order chi connectivity index (χ1) is 8.47. The van der Waals surface area contributed by atoms with Gasteiger partial charge in [-0.3, -0.25) is 0 Å². The summed E-state index contributed by atoms with van der Waals surface area (Å²) in [6, 6.07) is 1.50. The van der Waals surface area contributed by atoms with Crippen molar-refractivity contribution in [2.45, 2.75) is 24.1 Å². The first-order valence-corrected chi connectivity index (χ1v) is 6.59. The molecule has 7 heteroatoms. The van der Waals surface area contributed by atoms with Gasteiger partial charge < -0.3 is 9.52 Å². The van der Waals surface area contributed by atoms with Gasteiger partial charge in [-0.1, -0.05) is 0 Å². The Labute approximate surface area is 116 Å². The van der Waals surface area contributed by atoms with Crippen molar-refractivity contribution in [3.05, 3.63) is 33.8 Å². The van der Waals surface area contributed by atoms with E-state index >= 15 is 0 Å². The Balaban J connectivity index is 2.36. The highest BCUT2D eigenvalue weighted by molar-refractivity contribution is 9.10. The van der Waals surface area contributed by atoms with Gasteiger partial charge in [0.1, 0.15) is 10.8 Å². The molecule has 0 fully saturated rings. The van der Waals surface area contributed by atoms with Crippen LogP contribution in [0.3, 0.4) is 0 Å². The van der Waals surface area contributed by atoms with Crippen molar-refractivity contribution in [1.29, 1.82) is 0 Å². The van der Waals surface area contributed by atoms with Crippen molar-refractivity contribution >= 4 is 33.7 Å². The second kappa shape index (κ2) is 5.11. The van der Waals surface area contributed by atoms with Crippen molar-refractivity contribution in [3.8, 4) is 0 Å². The lowest BCUT2D eigenvalue weighted by molar-refractivity contribution is 0.0692. The maximum absolute atomic E-state index is 11.1. The molecule has 0 radical (unpaired) electrons. The maximum atomic E-state index is 11.1. The van der Waals surface area contributed by atoms with Crippen LogP contribution in [0.2, 0.25) is 0 Å². The second-order valence-corrected chi connectivity index (χ2v) is 5.39. The molecule has 18 heavy (non-hydrogen) atoms. The summed E-state index contributed by atoms with van der Waals surface area (Å²) in [7, 11) is 0. The number of hydrogen-bond donors (Lipinski definition) is 1. The fourth-order valence-electron chi connectivity index (χ4n) is 1.23. The highest BCUT2D eigenvalue weighted by Crippen LogP contribution is 2.30. The Bertz CT molecular complexity index is 593. The van der Waals surface area contributed by atoms with Crippen molar-refractivity contribution in [2.75, 3.05) is 0 Å². The van der Waals surface area contributed by atoms with Gasteiger partial charge in [0.15, 0.2) is 0 Å². The normalized spacial score (nSPS) is 10.6. The number of rotatable bonds is 3. The second-order valence-electron chi connectivity index (χ2n) is 3.53. The molecular formula is C11H9BrN2O3S. The number of aromatic nitrogens is 2. The van der Waals surface area contributed by atoms with Crippen LogP contribution in [0, 0.1) is 13.8 Å². The molecule has 0 aromatic carbocycles. The Morgan fingerprint density at radius 2 is 2.22 bits per heavy atom. The van der Waals surface area contributed by atoms with Gasteiger partial charge in [0.05, 0.1) is 11.3 Å².